The molecule has 0 aromatic heterocycles. The van der Waals surface area contributed by atoms with Crippen molar-refractivity contribution in [3.05, 3.63) is 78.4 Å². The maximum atomic E-state index is 12.9. The summed E-state index contributed by atoms with van der Waals surface area (Å²) in [4.78, 5) is 27.2. The third kappa shape index (κ3) is 2.27. The Hall–Kier alpha value is -2.72. The van der Waals surface area contributed by atoms with Crippen molar-refractivity contribution in [3.63, 3.8) is 0 Å². The van der Waals surface area contributed by atoms with Crippen molar-refractivity contribution in [2.24, 2.45) is 5.92 Å². The van der Waals surface area contributed by atoms with Gasteiger partial charge in [0.25, 0.3) is 5.91 Å². The Bertz CT molecular complexity index is 800. The first kappa shape index (κ1) is 16.1. The highest BCUT2D eigenvalue weighted by atomic mass is 16.3. The summed E-state index contributed by atoms with van der Waals surface area (Å²) in [5.74, 6) is -1.65. The van der Waals surface area contributed by atoms with E-state index in [1.807, 2.05) is 6.07 Å². The van der Waals surface area contributed by atoms with Crippen LogP contribution < -0.4 is 4.90 Å². The molecule has 0 saturated carbocycles. The summed E-state index contributed by atoms with van der Waals surface area (Å²) in [7, 11) is 0. The zero-order valence-corrected chi connectivity index (χ0v) is 13.5. The number of ketones is 1. The van der Waals surface area contributed by atoms with Crippen LogP contribution in [-0.2, 0) is 10.4 Å². The Morgan fingerprint density at radius 2 is 1.83 bits per heavy atom. The second-order valence-electron chi connectivity index (χ2n) is 5.94. The van der Waals surface area contributed by atoms with E-state index in [1.54, 1.807) is 61.5 Å². The van der Waals surface area contributed by atoms with Crippen LogP contribution in [0.4, 0.5) is 5.69 Å². The maximum Gasteiger partial charge on any atom is 0.264 e. The van der Waals surface area contributed by atoms with E-state index in [0.29, 0.717) is 16.8 Å². The second-order valence-corrected chi connectivity index (χ2v) is 5.94. The van der Waals surface area contributed by atoms with E-state index in [-0.39, 0.29) is 12.3 Å². The summed E-state index contributed by atoms with van der Waals surface area (Å²) >= 11 is 0. The Morgan fingerprint density at radius 3 is 2.50 bits per heavy atom. The number of rotatable bonds is 5. The number of para-hydroxylation sites is 1. The molecule has 0 radical (unpaired) electrons. The molecule has 24 heavy (non-hydrogen) atoms. The minimum Gasteiger partial charge on any atom is -0.375 e. The van der Waals surface area contributed by atoms with Gasteiger partial charge in [0, 0.05) is 17.7 Å². The van der Waals surface area contributed by atoms with Crippen LogP contribution in [0.5, 0.6) is 0 Å². The molecule has 0 spiro atoms. The molecule has 1 aliphatic heterocycles. The third-order valence-corrected chi connectivity index (χ3v) is 4.57. The van der Waals surface area contributed by atoms with Crippen LogP contribution in [-0.4, -0.2) is 23.3 Å². The molecule has 0 bridgehead atoms. The van der Waals surface area contributed by atoms with Gasteiger partial charge in [-0.05, 0) is 6.07 Å². The summed E-state index contributed by atoms with van der Waals surface area (Å²) in [5, 5.41) is 11.3. The highest BCUT2D eigenvalue weighted by molar-refractivity contribution is 6.11. The van der Waals surface area contributed by atoms with Crippen LogP contribution in [0.2, 0.25) is 0 Å². The van der Waals surface area contributed by atoms with Gasteiger partial charge in [-0.3, -0.25) is 9.59 Å². The lowest BCUT2D eigenvalue weighted by atomic mass is 9.79. The molecule has 1 aliphatic rings. The lowest BCUT2D eigenvalue weighted by Crippen LogP contribution is -2.47. The number of hydrogen-bond acceptors (Lipinski definition) is 3. The quantitative estimate of drug-likeness (QED) is 0.680. The number of nitrogens with zero attached hydrogens (tertiary/aromatic N) is 1. The lowest BCUT2D eigenvalue weighted by Gasteiger charge is -2.28. The zero-order chi connectivity index (χ0) is 17.3. The molecule has 1 amide bonds. The average molecular weight is 321 g/mol. The molecule has 122 valence electrons. The Morgan fingerprint density at radius 1 is 1.21 bits per heavy atom. The molecule has 1 heterocycles. The molecule has 2 atom stereocenters. The van der Waals surface area contributed by atoms with E-state index in [1.165, 1.54) is 4.90 Å². The number of amides is 1. The van der Waals surface area contributed by atoms with Gasteiger partial charge in [-0.1, -0.05) is 61.5 Å². The number of fused-ring (bicyclic) bond motifs is 1. The van der Waals surface area contributed by atoms with Crippen molar-refractivity contribution in [2.75, 3.05) is 11.4 Å². The van der Waals surface area contributed by atoms with Gasteiger partial charge in [0.15, 0.2) is 11.4 Å². The predicted molar refractivity (Wildman–Crippen MR) is 92.8 cm³/mol. The molecule has 0 unspecified atom stereocenters. The minimum absolute atomic E-state index is 0.262. The minimum atomic E-state index is -1.87. The van der Waals surface area contributed by atoms with E-state index in [4.69, 9.17) is 0 Å². The SMILES string of the molecule is C=CCN1C(=O)[C@](O)([C@@H](C)C(=O)c2ccccc2)c2ccccc21. The second kappa shape index (κ2) is 6.06. The van der Waals surface area contributed by atoms with E-state index in [9.17, 15) is 14.7 Å². The van der Waals surface area contributed by atoms with E-state index in [2.05, 4.69) is 6.58 Å². The monoisotopic (exact) mass is 321 g/mol. The molecular weight excluding hydrogens is 302 g/mol. The summed E-state index contributed by atoms with van der Waals surface area (Å²) < 4.78 is 0. The Labute approximate surface area is 141 Å². The van der Waals surface area contributed by atoms with Gasteiger partial charge >= 0.3 is 0 Å². The van der Waals surface area contributed by atoms with E-state index >= 15 is 0 Å². The number of Topliss-reactive ketones (excluding diaryl/α,β-unsaturated/α-hetero) is 1. The van der Waals surface area contributed by atoms with Crippen LogP contribution >= 0.6 is 0 Å². The number of aliphatic hydroxyl groups is 1. The van der Waals surface area contributed by atoms with Crippen LogP contribution in [0.1, 0.15) is 22.8 Å². The van der Waals surface area contributed by atoms with Crippen LogP contribution in [0.25, 0.3) is 0 Å². The van der Waals surface area contributed by atoms with Gasteiger partial charge in [0.2, 0.25) is 0 Å². The Kier molecular flexibility index (Phi) is 4.08. The van der Waals surface area contributed by atoms with E-state index < -0.39 is 17.4 Å². The zero-order valence-electron chi connectivity index (χ0n) is 13.5. The molecule has 1 N–H and O–H groups in total. The van der Waals surface area contributed by atoms with Gasteiger partial charge in [0.1, 0.15) is 0 Å². The van der Waals surface area contributed by atoms with Crippen molar-refractivity contribution in [1.82, 2.24) is 0 Å². The van der Waals surface area contributed by atoms with Gasteiger partial charge in [-0.2, -0.15) is 0 Å². The summed E-state index contributed by atoms with van der Waals surface area (Å²) in [5.41, 5.74) is -0.302. The normalized spacial score (nSPS) is 20.6. The molecule has 0 fully saturated rings. The predicted octanol–water partition coefficient (Wildman–Crippen LogP) is 2.93. The first-order chi connectivity index (χ1) is 11.5. The highest BCUT2D eigenvalue weighted by Gasteiger charge is 2.54. The molecule has 0 saturated heterocycles. The van der Waals surface area contributed by atoms with Gasteiger partial charge in [0.05, 0.1) is 11.6 Å². The fraction of sp³-hybridized carbons (Fsp3) is 0.200. The highest BCUT2D eigenvalue weighted by Crippen LogP contribution is 2.45. The summed E-state index contributed by atoms with van der Waals surface area (Å²) in [6.07, 6.45) is 1.60. The number of hydrogen-bond donors (Lipinski definition) is 1. The topological polar surface area (TPSA) is 57.6 Å². The number of benzene rings is 2. The fourth-order valence-electron chi connectivity index (χ4n) is 3.23. The fourth-order valence-corrected chi connectivity index (χ4v) is 3.23. The molecule has 0 aliphatic carbocycles. The van der Waals surface area contributed by atoms with Crippen LogP contribution in [0.15, 0.2) is 67.3 Å². The Balaban J connectivity index is 2.07. The van der Waals surface area contributed by atoms with Crippen molar-refractivity contribution in [2.45, 2.75) is 12.5 Å². The lowest BCUT2D eigenvalue weighted by molar-refractivity contribution is -0.139. The number of anilines is 1. The number of carbonyl (C=O) groups excluding carboxylic acids is 2. The van der Waals surface area contributed by atoms with Gasteiger partial charge in [-0.15, -0.1) is 6.58 Å². The first-order valence-electron chi connectivity index (χ1n) is 7.85. The molecule has 3 rings (SSSR count). The summed E-state index contributed by atoms with van der Waals surface area (Å²) in [6.45, 7) is 5.55. The molecule has 2 aromatic carbocycles. The van der Waals surface area contributed by atoms with Gasteiger partial charge < -0.3 is 10.0 Å². The van der Waals surface area contributed by atoms with Crippen LogP contribution in [0, 0.1) is 5.92 Å². The molecular formula is C20H19NO3. The summed E-state index contributed by atoms with van der Waals surface area (Å²) in [6, 6.07) is 15.8. The molecule has 4 heteroatoms. The van der Waals surface area contributed by atoms with Crippen molar-refractivity contribution in [1.29, 1.82) is 0 Å². The van der Waals surface area contributed by atoms with Crippen molar-refractivity contribution < 1.29 is 14.7 Å². The number of carbonyl (C=O) groups is 2. The molecule has 4 nitrogen and oxygen atoms in total. The smallest absolute Gasteiger partial charge is 0.264 e. The standard InChI is InChI=1S/C20H19NO3/c1-3-13-21-17-12-8-7-11-16(17)20(24,19(21)23)14(2)18(22)15-9-5-4-6-10-15/h3-12,14,24H,1,13H2,2H3/t14-,20-/m0/s1. The maximum absolute atomic E-state index is 12.9. The van der Waals surface area contributed by atoms with Crippen LogP contribution in [0.3, 0.4) is 0 Å². The van der Waals surface area contributed by atoms with E-state index in [0.717, 1.165) is 0 Å². The largest absolute Gasteiger partial charge is 0.375 e. The van der Waals surface area contributed by atoms with Gasteiger partial charge in [-0.25, -0.2) is 0 Å². The van der Waals surface area contributed by atoms with Crippen molar-refractivity contribution >= 4 is 17.4 Å². The average Bonchev–Trinajstić information content (AvgIpc) is 2.85. The van der Waals surface area contributed by atoms with Crippen molar-refractivity contribution in [3.8, 4) is 0 Å². The third-order valence-electron chi connectivity index (χ3n) is 4.57. The molecule has 2 aromatic rings. The first-order valence-corrected chi connectivity index (χ1v) is 7.85.